The van der Waals surface area contributed by atoms with Crippen molar-refractivity contribution < 1.29 is 0 Å². The summed E-state index contributed by atoms with van der Waals surface area (Å²) in [6.45, 7) is 0. The van der Waals surface area contributed by atoms with E-state index in [0.717, 1.165) is 22.4 Å². The number of para-hydroxylation sites is 5. The average Bonchev–Trinajstić information content (AvgIpc) is 3.87. The SMILES string of the molecule is c1ccc(-n2c3ccccc3c3c(-c4ccc(-n5c6ccccc6c6ccccc65)cc4)cc4[nH]c5ccccc5c4c32)cc1.c1ccccc1. The third-order valence-electron chi connectivity index (χ3n) is 10.1. The molecule has 0 amide bonds. The van der Waals surface area contributed by atoms with Crippen LogP contribution in [-0.4, -0.2) is 14.1 Å². The highest BCUT2D eigenvalue weighted by Gasteiger charge is 2.22. The molecule has 0 spiro atoms. The summed E-state index contributed by atoms with van der Waals surface area (Å²) < 4.78 is 4.83. The van der Waals surface area contributed by atoms with E-state index in [9.17, 15) is 0 Å². The summed E-state index contributed by atoms with van der Waals surface area (Å²) >= 11 is 0. The quantitative estimate of drug-likeness (QED) is 0.197. The van der Waals surface area contributed by atoms with Crippen LogP contribution in [0.2, 0.25) is 0 Å². The molecule has 240 valence electrons. The molecule has 0 saturated carbocycles. The van der Waals surface area contributed by atoms with Crippen molar-refractivity contribution >= 4 is 65.4 Å². The molecule has 11 aromatic rings. The first-order valence-corrected chi connectivity index (χ1v) is 17.5. The van der Waals surface area contributed by atoms with E-state index in [0.29, 0.717) is 0 Å². The number of H-pyrrole nitrogens is 1. The third kappa shape index (κ3) is 4.67. The average molecular weight is 652 g/mol. The third-order valence-corrected chi connectivity index (χ3v) is 10.1. The molecule has 0 aliphatic heterocycles. The minimum Gasteiger partial charge on any atom is -0.354 e. The Morgan fingerprint density at radius 3 is 1.43 bits per heavy atom. The van der Waals surface area contributed by atoms with Crippen molar-refractivity contribution in [3.8, 4) is 22.5 Å². The molecule has 0 aliphatic rings. The molecule has 0 radical (unpaired) electrons. The molecule has 1 N–H and O–H groups in total. The fraction of sp³-hybridized carbons (Fsp3) is 0. The number of benzene rings is 8. The summed E-state index contributed by atoms with van der Waals surface area (Å²) in [7, 11) is 0. The number of nitrogens with zero attached hydrogens (tertiary/aromatic N) is 2. The first kappa shape index (κ1) is 29.1. The van der Waals surface area contributed by atoms with Gasteiger partial charge < -0.3 is 14.1 Å². The predicted molar refractivity (Wildman–Crippen MR) is 216 cm³/mol. The lowest BCUT2D eigenvalue weighted by atomic mass is 9.96. The van der Waals surface area contributed by atoms with Crippen molar-refractivity contribution in [2.24, 2.45) is 0 Å². The van der Waals surface area contributed by atoms with Crippen molar-refractivity contribution in [3.05, 3.63) is 194 Å². The summed E-state index contributed by atoms with van der Waals surface area (Å²) in [5.41, 5.74) is 11.9. The first-order chi connectivity index (χ1) is 25.3. The van der Waals surface area contributed by atoms with E-state index in [2.05, 4.69) is 172 Å². The second-order valence-corrected chi connectivity index (χ2v) is 13.0. The second-order valence-electron chi connectivity index (χ2n) is 13.0. The van der Waals surface area contributed by atoms with Gasteiger partial charge in [-0.3, -0.25) is 0 Å². The van der Waals surface area contributed by atoms with Gasteiger partial charge >= 0.3 is 0 Å². The van der Waals surface area contributed by atoms with Gasteiger partial charge in [0.1, 0.15) is 0 Å². The monoisotopic (exact) mass is 651 g/mol. The molecule has 3 heterocycles. The van der Waals surface area contributed by atoms with Crippen molar-refractivity contribution in [1.82, 2.24) is 14.1 Å². The van der Waals surface area contributed by atoms with Crippen LogP contribution in [0.25, 0.3) is 87.9 Å². The Morgan fingerprint density at radius 2 is 0.804 bits per heavy atom. The highest BCUT2D eigenvalue weighted by Crippen LogP contribution is 2.45. The van der Waals surface area contributed by atoms with Gasteiger partial charge in [-0.1, -0.05) is 140 Å². The number of fused-ring (bicyclic) bond motifs is 10. The first-order valence-electron chi connectivity index (χ1n) is 17.5. The summed E-state index contributed by atoms with van der Waals surface area (Å²) in [5.74, 6) is 0. The van der Waals surface area contributed by atoms with Crippen LogP contribution in [0.3, 0.4) is 0 Å². The van der Waals surface area contributed by atoms with Crippen molar-refractivity contribution in [3.63, 3.8) is 0 Å². The molecule has 0 atom stereocenters. The maximum atomic E-state index is 3.76. The molecule has 11 rings (SSSR count). The van der Waals surface area contributed by atoms with Gasteiger partial charge in [0.25, 0.3) is 0 Å². The highest BCUT2D eigenvalue weighted by molar-refractivity contribution is 6.29. The van der Waals surface area contributed by atoms with Crippen LogP contribution in [0.4, 0.5) is 0 Å². The number of aromatic amines is 1. The number of nitrogens with one attached hydrogen (secondary N) is 1. The van der Waals surface area contributed by atoms with Crippen molar-refractivity contribution in [1.29, 1.82) is 0 Å². The lowest BCUT2D eigenvalue weighted by molar-refractivity contribution is 1.18. The molecule has 8 aromatic carbocycles. The van der Waals surface area contributed by atoms with Gasteiger partial charge in [-0.2, -0.15) is 0 Å². The van der Waals surface area contributed by atoms with Crippen molar-refractivity contribution in [2.45, 2.75) is 0 Å². The van der Waals surface area contributed by atoms with E-state index in [1.165, 1.54) is 65.5 Å². The maximum Gasteiger partial charge on any atom is 0.0647 e. The van der Waals surface area contributed by atoms with Crippen LogP contribution in [-0.2, 0) is 0 Å². The Labute approximate surface area is 295 Å². The largest absolute Gasteiger partial charge is 0.354 e. The molecular weight excluding hydrogens is 619 g/mol. The fourth-order valence-corrected chi connectivity index (χ4v) is 7.94. The number of hydrogen-bond acceptors (Lipinski definition) is 0. The van der Waals surface area contributed by atoms with E-state index in [4.69, 9.17) is 0 Å². The second kappa shape index (κ2) is 11.9. The Morgan fingerprint density at radius 1 is 0.333 bits per heavy atom. The Kier molecular flexibility index (Phi) is 6.81. The highest BCUT2D eigenvalue weighted by atomic mass is 15.0. The van der Waals surface area contributed by atoms with E-state index in [-0.39, 0.29) is 0 Å². The van der Waals surface area contributed by atoms with E-state index in [1.807, 2.05) is 36.4 Å². The lowest BCUT2D eigenvalue weighted by Gasteiger charge is -2.12. The van der Waals surface area contributed by atoms with Gasteiger partial charge in [0, 0.05) is 54.7 Å². The summed E-state index contributed by atoms with van der Waals surface area (Å²) in [6, 6.07) is 69.1. The van der Waals surface area contributed by atoms with Crippen LogP contribution in [0.15, 0.2) is 194 Å². The standard InChI is InChI=1S/C42H27N3.C6H6/c1-2-12-28(13-3-1)45-39-21-11-7-17-33(39)40-34(26-36-41(42(40)45)32-16-4-8-18-35(32)43-36)27-22-24-29(25-23-27)44-37-19-9-5-14-30(37)31-15-6-10-20-38(31)44;1-2-4-6-5-3-1/h1-26,43H;1-6H. The zero-order valence-electron chi connectivity index (χ0n) is 27.9. The lowest BCUT2D eigenvalue weighted by Crippen LogP contribution is -1.95. The molecule has 0 bridgehead atoms. The van der Waals surface area contributed by atoms with Crippen LogP contribution in [0, 0.1) is 0 Å². The van der Waals surface area contributed by atoms with Gasteiger partial charge in [0.2, 0.25) is 0 Å². The van der Waals surface area contributed by atoms with Gasteiger partial charge in [0.15, 0.2) is 0 Å². The number of rotatable bonds is 3. The molecular formula is C48H33N3. The van der Waals surface area contributed by atoms with Gasteiger partial charge in [-0.05, 0) is 65.7 Å². The van der Waals surface area contributed by atoms with Gasteiger partial charge in [-0.25, -0.2) is 0 Å². The van der Waals surface area contributed by atoms with Gasteiger partial charge in [-0.15, -0.1) is 0 Å². The molecule has 3 aromatic heterocycles. The Bertz CT molecular complexity index is 2920. The molecule has 3 nitrogen and oxygen atoms in total. The molecule has 0 fully saturated rings. The molecule has 51 heavy (non-hydrogen) atoms. The summed E-state index contributed by atoms with van der Waals surface area (Å²) in [6.07, 6.45) is 0. The Hall–Kier alpha value is -6.84. The van der Waals surface area contributed by atoms with Crippen LogP contribution >= 0.6 is 0 Å². The topological polar surface area (TPSA) is 25.6 Å². The number of aromatic nitrogens is 3. The molecule has 0 saturated heterocycles. The zero-order chi connectivity index (χ0) is 33.7. The Balaban J connectivity index is 0.000000498. The molecule has 0 aliphatic carbocycles. The minimum absolute atomic E-state index is 1.14. The van der Waals surface area contributed by atoms with Crippen LogP contribution in [0.1, 0.15) is 0 Å². The predicted octanol–water partition coefficient (Wildman–Crippen LogP) is 12.9. The smallest absolute Gasteiger partial charge is 0.0647 e. The van der Waals surface area contributed by atoms with Gasteiger partial charge in [0.05, 0.1) is 22.1 Å². The normalized spacial score (nSPS) is 11.5. The van der Waals surface area contributed by atoms with E-state index >= 15 is 0 Å². The molecule has 3 heteroatoms. The van der Waals surface area contributed by atoms with Crippen LogP contribution in [0.5, 0.6) is 0 Å². The van der Waals surface area contributed by atoms with E-state index < -0.39 is 0 Å². The summed E-state index contributed by atoms with van der Waals surface area (Å²) in [4.78, 5) is 3.76. The van der Waals surface area contributed by atoms with Crippen LogP contribution < -0.4 is 0 Å². The maximum absolute atomic E-state index is 3.76. The summed E-state index contributed by atoms with van der Waals surface area (Å²) in [5, 5.41) is 7.58. The fourth-order valence-electron chi connectivity index (χ4n) is 7.94. The zero-order valence-corrected chi connectivity index (χ0v) is 27.9. The minimum atomic E-state index is 1.14. The van der Waals surface area contributed by atoms with Crippen molar-refractivity contribution in [2.75, 3.05) is 0 Å². The molecule has 0 unspecified atom stereocenters. The number of hydrogen-bond donors (Lipinski definition) is 1. The van der Waals surface area contributed by atoms with E-state index in [1.54, 1.807) is 0 Å².